The SMILES string of the molecule is CCCN1CC2(CC(C(=O)Cc3cc4cc(-c5cn[nH]c5)ccc4cn3)C2)C1. The zero-order valence-corrected chi connectivity index (χ0v) is 16.3. The van der Waals surface area contributed by atoms with Gasteiger partial charge >= 0.3 is 0 Å². The Morgan fingerprint density at radius 1 is 1.18 bits per heavy atom. The molecule has 1 aliphatic carbocycles. The number of ketones is 1. The van der Waals surface area contributed by atoms with Gasteiger partial charge in [-0.15, -0.1) is 0 Å². The number of benzene rings is 1. The van der Waals surface area contributed by atoms with E-state index in [1.54, 1.807) is 0 Å². The van der Waals surface area contributed by atoms with E-state index in [4.69, 9.17) is 0 Å². The summed E-state index contributed by atoms with van der Waals surface area (Å²) in [5.74, 6) is 0.593. The van der Waals surface area contributed by atoms with Gasteiger partial charge in [-0.1, -0.05) is 19.1 Å². The molecular weight excluding hydrogens is 348 g/mol. The molecule has 28 heavy (non-hydrogen) atoms. The van der Waals surface area contributed by atoms with Gasteiger partial charge in [0.2, 0.25) is 0 Å². The van der Waals surface area contributed by atoms with Gasteiger partial charge in [-0.2, -0.15) is 5.10 Å². The highest BCUT2D eigenvalue weighted by Crippen LogP contribution is 2.52. The molecule has 144 valence electrons. The van der Waals surface area contributed by atoms with Crippen LogP contribution in [0, 0.1) is 11.3 Å². The van der Waals surface area contributed by atoms with Crippen LogP contribution in [-0.4, -0.2) is 45.5 Å². The van der Waals surface area contributed by atoms with Crippen molar-refractivity contribution in [3.63, 3.8) is 0 Å². The van der Waals surface area contributed by atoms with Crippen LogP contribution in [-0.2, 0) is 11.2 Å². The minimum Gasteiger partial charge on any atom is -0.302 e. The summed E-state index contributed by atoms with van der Waals surface area (Å²) >= 11 is 0. The van der Waals surface area contributed by atoms with E-state index >= 15 is 0 Å². The molecule has 1 saturated heterocycles. The lowest BCUT2D eigenvalue weighted by molar-refractivity contribution is -0.141. The summed E-state index contributed by atoms with van der Waals surface area (Å²) in [5.41, 5.74) is 3.51. The molecule has 0 bridgehead atoms. The Kier molecular flexibility index (Phi) is 4.27. The highest BCUT2D eigenvalue weighted by atomic mass is 16.1. The van der Waals surface area contributed by atoms with E-state index in [1.807, 2.05) is 18.6 Å². The smallest absolute Gasteiger partial charge is 0.141 e. The monoisotopic (exact) mass is 374 g/mol. The van der Waals surface area contributed by atoms with Gasteiger partial charge in [0, 0.05) is 54.5 Å². The molecule has 5 nitrogen and oxygen atoms in total. The fourth-order valence-electron chi connectivity index (χ4n) is 5.04. The molecular formula is C23H26N4O. The van der Waals surface area contributed by atoms with Crippen molar-refractivity contribution in [1.82, 2.24) is 20.1 Å². The number of carbonyl (C=O) groups is 1. The predicted octanol–water partition coefficient (Wildman–Crippen LogP) is 3.86. The summed E-state index contributed by atoms with van der Waals surface area (Å²) in [6.45, 7) is 5.81. The first kappa shape index (κ1) is 17.6. The number of carbonyl (C=O) groups excluding carboxylic acids is 1. The maximum absolute atomic E-state index is 12.8. The zero-order chi connectivity index (χ0) is 19.1. The van der Waals surface area contributed by atoms with E-state index in [9.17, 15) is 4.79 Å². The van der Waals surface area contributed by atoms with Gasteiger partial charge in [0.25, 0.3) is 0 Å². The molecule has 0 atom stereocenters. The van der Waals surface area contributed by atoms with Gasteiger partial charge in [0.15, 0.2) is 0 Å². The summed E-state index contributed by atoms with van der Waals surface area (Å²) < 4.78 is 0. The molecule has 5 rings (SSSR count). The molecule has 2 fully saturated rings. The van der Waals surface area contributed by atoms with Crippen LogP contribution >= 0.6 is 0 Å². The summed E-state index contributed by atoms with van der Waals surface area (Å²) in [5, 5.41) is 9.09. The lowest BCUT2D eigenvalue weighted by Gasteiger charge is -2.59. The number of rotatable bonds is 6. The number of nitrogens with one attached hydrogen (secondary N) is 1. The number of aromatic amines is 1. The van der Waals surface area contributed by atoms with E-state index < -0.39 is 0 Å². The Labute approximate surface area is 165 Å². The van der Waals surface area contributed by atoms with E-state index in [0.717, 1.165) is 40.4 Å². The largest absolute Gasteiger partial charge is 0.302 e. The summed E-state index contributed by atoms with van der Waals surface area (Å²) in [6.07, 6.45) is 9.41. The summed E-state index contributed by atoms with van der Waals surface area (Å²) in [6, 6.07) is 8.36. The highest BCUT2D eigenvalue weighted by molar-refractivity contribution is 5.89. The van der Waals surface area contributed by atoms with Crippen molar-refractivity contribution >= 4 is 16.6 Å². The van der Waals surface area contributed by atoms with Crippen LogP contribution in [0.2, 0.25) is 0 Å². The first-order chi connectivity index (χ1) is 13.6. The van der Waals surface area contributed by atoms with Gasteiger partial charge in [-0.25, -0.2) is 0 Å². The Hall–Kier alpha value is -2.53. The molecule has 1 N–H and O–H groups in total. The van der Waals surface area contributed by atoms with Crippen LogP contribution in [0.5, 0.6) is 0 Å². The second kappa shape index (κ2) is 6.82. The Morgan fingerprint density at radius 2 is 2.04 bits per heavy atom. The van der Waals surface area contributed by atoms with E-state index in [0.29, 0.717) is 17.6 Å². The molecule has 3 heterocycles. The van der Waals surface area contributed by atoms with E-state index in [-0.39, 0.29) is 5.92 Å². The molecule has 1 saturated carbocycles. The number of pyridine rings is 1. The van der Waals surface area contributed by atoms with Crippen LogP contribution in [0.4, 0.5) is 0 Å². The van der Waals surface area contributed by atoms with Gasteiger partial charge in [0.1, 0.15) is 5.78 Å². The second-order valence-corrected chi connectivity index (χ2v) is 8.68. The highest BCUT2D eigenvalue weighted by Gasteiger charge is 2.53. The average Bonchev–Trinajstić information content (AvgIpc) is 3.16. The molecule has 5 heteroatoms. The number of H-pyrrole nitrogens is 1. The first-order valence-electron chi connectivity index (χ1n) is 10.3. The molecule has 3 aromatic rings. The Morgan fingerprint density at radius 3 is 2.79 bits per heavy atom. The van der Waals surface area contributed by atoms with Crippen molar-refractivity contribution in [1.29, 1.82) is 0 Å². The van der Waals surface area contributed by atoms with Crippen molar-refractivity contribution < 1.29 is 4.79 Å². The lowest BCUT2D eigenvalue weighted by Crippen LogP contribution is -2.63. The molecule has 0 amide bonds. The maximum atomic E-state index is 12.8. The van der Waals surface area contributed by atoms with Crippen LogP contribution in [0.1, 0.15) is 31.9 Å². The van der Waals surface area contributed by atoms with Crippen LogP contribution < -0.4 is 0 Å². The van der Waals surface area contributed by atoms with Crippen molar-refractivity contribution in [3.8, 4) is 11.1 Å². The number of hydrogen-bond donors (Lipinski definition) is 1. The summed E-state index contributed by atoms with van der Waals surface area (Å²) in [4.78, 5) is 19.8. The number of nitrogens with zero attached hydrogens (tertiary/aromatic N) is 3. The van der Waals surface area contributed by atoms with Crippen LogP contribution in [0.25, 0.3) is 21.9 Å². The molecule has 1 spiro atoms. The zero-order valence-electron chi connectivity index (χ0n) is 16.3. The topological polar surface area (TPSA) is 61.9 Å². The fourth-order valence-corrected chi connectivity index (χ4v) is 5.04. The van der Waals surface area contributed by atoms with Crippen molar-refractivity contribution in [2.75, 3.05) is 19.6 Å². The normalized spacial score (nSPS) is 18.9. The van der Waals surface area contributed by atoms with Crippen molar-refractivity contribution in [2.45, 2.75) is 32.6 Å². The number of aromatic nitrogens is 3. The molecule has 1 aliphatic heterocycles. The fraction of sp³-hybridized carbons (Fsp3) is 0.435. The van der Waals surface area contributed by atoms with Gasteiger partial charge < -0.3 is 4.90 Å². The van der Waals surface area contributed by atoms with E-state index in [1.165, 1.54) is 26.1 Å². The second-order valence-electron chi connectivity index (χ2n) is 8.68. The van der Waals surface area contributed by atoms with Gasteiger partial charge in [-0.05, 0) is 54.3 Å². The third-order valence-corrected chi connectivity index (χ3v) is 6.44. The summed E-state index contributed by atoms with van der Waals surface area (Å²) in [7, 11) is 0. The third kappa shape index (κ3) is 3.14. The standard InChI is InChI=1S/C23H26N4O/c1-2-5-27-14-23(15-27)9-19(10-23)22(28)8-21-7-18-6-16(20-12-25-26-13-20)3-4-17(18)11-24-21/h3-4,6-7,11-13,19H,2,5,8-10,14-15H2,1H3,(H,25,26). The molecule has 0 radical (unpaired) electrons. The average molecular weight is 374 g/mol. The first-order valence-corrected chi connectivity index (χ1v) is 10.3. The van der Waals surface area contributed by atoms with Gasteiger partial charge in [-0.3, -0.25) is 14.9 Å². The number of hydrogen-bond acceptors (Lipinski definition) is 4. The quantitative estimate of drug-likeness (QED) is 0.712. The predicted molar refractivity (Wildman–Crippen MR) is 110 cm³/mol. The number of fused-ring (bicyclic) bond motifs is 1. The molecule has 1 aromatic carbocycles. The number of likely N-dealkylation sites (tertiary alicyclic amines) is 1. The van der Waals surface area contributed by atoms with Crippen LogP contribution in [0.3, 0.4) is 0 Å². The van der Waals surface area contributed by atoms with Gasteiger partial charge in [0.05, 0.1) is 6.20 Å². The minimum absolute atomic E-state index is 0.235. The van der Waals surface area contributed by atoms with Crippen molar-refractivity contribution in [2.24, 2.45) is 11.3 Å². The molecule has 2 aliphatic rings. The third-order valence-electron chi connectivity index (χ3n) is 6.44. The Bertz CT molecular complexity index is 997. The maximum Gasteiger partial charge on any atom is 0.141 e. The van der Waals surface area contributed by atoms with E-state index in [2.05, 4.69) is 51.3 Å². The van der Waals surface area contributed by atoms with Crippen molar-refractivity contribution in [3.05, 3.63) is 48.5 Å². The van der Waals surface area contributed by atoms with Crippen LogP contribution in [0.15, 0.2) is 42.9 Å². The minimum atomic E-state index is 0.235. The molecule has 2 aromatic heterocycles. The lowest BCUT2D eigenvalue weighted by atomic mass is 9.56. The number of Topliss-reactive ketones (excluding diaryl/α,β-unsaturated/α-hetero) is 1. The Balaban J connectivity index is 1.25. The molecule has 0 unspecified atom stereocenters.